The van der Waals surface area contributed by atoms with E-state index in [2.05, 4.69) is 10.2 Å². The minimum Gasteiger partial charge on any atom is -0.379 e. The molecular formula is C25H29FN2O3. The van der Waals surface area contributed by atoms with Crippen molar-refractivity contribution in [2.45, 2.75) is 38.1 Å². The van der Waals surface area contributed by atoms with Crippen LogP contribution in [0.4, 0.5) is 4.39 Å². The van der Waals surface area contributed by atoms with Gasteiger partial charge in [-0.05, 0) is 54.2 Å². The van der Waals surface area contributed by atoms with Crippen molar-refractivity contribution in [2.75, 3.05) is 32.8 Å². The minimum absolute atomic E-state index is 0.00751. The summed E-state index contributed by atoms with van der Waals surface area (Å²) in [5, 5.41) is 2.97. The van der Waals surface area contributed by atoms with E-state index in [1.165, 1.54) is 23.3 Å². The van der Waals surface area contributed by atoms with Gasteiger partial charge in [0.25, 0.3) is 0 Å². The van der Waals surface area contributed by atoms with E-state index in [0.29, 0.717) is 25.3 Å². The van der Waals surface area contributed by atoms with Crippen LogP contribution in [-0.2, 0) is 22.4 Å². The van der Waals surface area contributed by atoms with Crippen LogP contribution in [0.15, 0.2) is 42.5 Å². The molecule has 1 aliphatic heterocycles. The summed E-state index contributed by atoms with van der Waals surface area (Å²) >= 11 is 0. The number of nitrogens with zero attached hydrogens (tertiary/aromatic N) is 1. The van der Waals surface area contributed by atoms with Crippen LogP contribution in [0.3, 0.4) is 0 Å². The maximum absolute atomic E-state index is 13.4. The number of Topliss-reactive ketones (excluding diaryl/α,β-unsaturated/α-hetero) is 1. The molecule has 1 aliphatic carbocycles. The Bertz CT molecular complexity index is 923. The summed E-state index contributed by atoms with van der Waals surface area (Å²) in [5.41, 5.74) is 4.26. The van der Waals surface area contributed by atoms with E-state index in [1.54, 1.807) is 12.1 Å². The average Bonchev–Trinajstić information content (AvgIpc) is 3.27. The first-order valence-electron chi connectivity index (χ1n) is 11.1. The van der Waals surface area contributed by atoms with Crippen molar-refractivity contribution in [1.82, 2.24) is 10.2 Å². The van der Waals surface area contributed by atoms with Crippen molar-refractivity contribution in [3.63, 3.8) is 0 Å². The van der Waals surface area contributed by atoms with E-state index in [4.69, 9.17) is 4.74 Å². The second-order valence-corrected chi connectivity index (χ2v) is 8.28. The second kappa shape index (κ2) is 10.2. The Kier molecular flexibility index (Phi) is 7.10. The molecule has 164 valence electrons. The third-order valence-electron chi connectivity index (χ3n) is 6.23. The zero-order valence-electron chi connectivity index (χ0n) is 17.7. The third-order valence-corrected chi connectivity index (χ3v) is 6.23. The highest BCUT2D eigenvalue weighted by Gasteiger charge is 2.23. The van der Waals surface area contributed by atoms with E-state index in [9.17, 15) is 14.0 Å². The smallest absolute Gasteiger partial charge is 0.220 e. The number of hydrogen-bond acceptors (Lipinski definition) is 4. The lowest BCUT2D eigenvalue weighted by atomic mass is 10.0. The van der Waals surface area contributed by atoms with E-state index >= 15 is 0 Å². The molecule has 1 fully saturated rings. The molecular weight excluding hydrogens is 395 g/mol. The van der Waals surface area contributed by atoms with Gasteiger partial charge in [-0.2, -0.15) is 0 Å². The summed E-state index contributed by atoms with van der Waals surface area (Å²) in [6, 6.07) is 12.3. The fourth-order valence-electron chi connectivity index (χ4n) is 4.45. The van der Waals surface area contributed by atoms with E-state index in [1.807, 2.05) is 18.2 Å². The number of benzene rings is 2. The highest BCUT2D eigenvalue weighted by Crippen LogP contribution is 2.24. The normalized spacial score (nSPS) is 17.2. The van der Waals surface area contributed by atoms with Crippen LogP contribution in [0, 0.1) is 5.82 Å². The molecule has 6 heteroatoms. The summed E-state index contributed by atoms with van der Waals surface area (Å²) in [7, 11) is 0. The molecule has 2 aliphatic rings. The van der Waals surface area contributed by atoms with Gasteiger partial charge in [0.05, 0.1) is 19.3 Å². The van der Waals surface area contributed by atoms with Crippen molar-refractivity contribution in [2.24, 2.45) is 0 Å². The van der Waals surface area contributed by atoms with Gasteiger partial charge in [0.15, 0.2) is 5.78 Å². The number of carbonyl (C=O) groups is 2. The van der Waals surface area contributed by atoms with Crippen LogP contribution in [0.2, 0.25) is 0 Å². The van der Waals surface area contributed by atoms with Crippen LogP contribution >= 0.6 is 0 Å². The lowest BCUT2D eigenvalue weighted by molar-refractivity contribution is -0.121. The highest BCUT2D eigenvalue weighted by molar-refractivity contribution is 5.98. The zero-order chi connectivity index (χ0) is 21.6. The van der Waals surface area contributed by atoms with Crippen LogP contribution in [-0.4, -0.2) is 49.4 Å². The topological polar surface area (TPSA) is 58.6 Å². The van der Waals surface area contributed by atoms with Gasteiger partial charge in [0.2, 0.25) is 5.91 Å². The number of halogens is 1. The van der Waals surface area contributed by atoms with Gasteiger partial charge in [-0.3, -0.25) is 14.5 Å². The molecule has 31 heavy (non-hydrogen) atoms. The predicted octanol–water partition coefficient (Wildman–Crippen LogP) is 3.47. The Morgan fingerprint density at radius 2 is 1.74 bits per heavy atom. The number of nitrogens with one attached hydrogen (secondary N) is 1. The lowest BCUT2D eigenvalue weighted by Gasteiger charge is -2.35. The summed E-state index contributed by atoms with van der Waals surface area (Å²) in [5.74, 6) is -0.415. The Balaban J connectivity index is 1.32. The number of hydrogen-bond donors (Lipinski definition) is 1. The summed E-state index contributed by atoms with van der Waals surface area (Å²) < 4.78 is 18.8. The largest absolute Gasteiger partial charge is 0.379 e. The fourth-order valence-corrected chi connectivity index (χ4v) is 4.45. The molecule has 1 saturated heterocycles. The van der Waals surface area contributed by atoms with Crippen molar-refractivity contribution in [3.05, 3.63) is 70.5 Å². The third kappa shape index (κ3) is 5.57. The molecule has 0 spiro atoms. The molecule has 0 radical (unpaired) electrons. The number of rotatable bonds is 8. The van der Waals surface area contributed by atoms with E-state index < -0.39 is 0 Å². The molecule has 0 saturated carbocycles. The molecule has 1 amide bonds. The standard InChI is InChI=1S/C25H29FN2O3/c26-22-8-6-19(7-9-22)23(28-12-14-31-15-13-28)17-27-25(30)11-10-24(29)21-5-4-18-2-1-3-20(18)16-21/h4-9,16,23H,1-3,10-15,17H2,(H,27,30). The van der Waals surface area contributed by atoms with Gasteiger partial charge in [-0.25, -0.2) is 4.39 Å². The van der Waals surface area contributed by atoms with Crippen LogP contribution in [0.1, 0.15) is 52.4 Å². The van der Waals surface area contributed by atoms with Gasteiger partial charge in [0.1, 0.15) is 5.82 Å². The summed E-state index contributed by atoms with van der Waals surface area (Å²) in [6.07, 6.45) is 3.63. The van der Waals surface area contributed by atoms with Gasteiger partial charge < -0.3 is 10.1 Å². The van der Waals surface area contributed by atoms with Gasteiger partial charge in [0, 0.05) is 38.0 Å². The molecule has 2 aromatic carbocycles. The van der Waals surface area contributed by atoms with E-state index in [0.717, 1.165) is 37.9 Å². The first kappa shape index (κ1) is 21.7. The van der Waals surface area contributed by atoms with E-state index in [-0.39, 0.29) is 36.4 Å². The molecule has 1 heterocycles. The van der Waals surface area contributed by atoms with Crippen molar-refractivity contribution < 1.29 is 18.7 Å². The zero-order valence-corrected chi connectivity index (χ0v) is 17.7. The SMILES string of the molecule is O=C(CCC(=O)c1ccc2c(c1)CCC2)NCC(c1ccc(F)cc1)N1CCOCC1. The summed E-state index contributed by atoms with van der Waals surface area (Å²) in [4.78, 5) is 27.3. The maximum atomic E-state index is 13.4. The molecule has 4 rings (SSSR count). The monoisotopic (exact) mass is 424 g/mol. The van der Waals surface area contributed by atoms with Crippen LogP contribution < -0.4 is 5.32 Å². The van der Waals surface area contributed by atoms with Crippen LogP contribution in [0.25, 0.3) is 0 Å². The Labute approximate surface area is 182 Å². The minimum atomic E-state index is -0.279. The molecule has 0 aromatic heterocycles. The molecule has 0 bridgehead atoms. The van der Waals surface area contributed by atoms with Crippen molar-refractivity contribution >= 4 is 11.7 Å². The second-order valence-electron chi connectivity index (χ2n) is 8.28. The Morgan fingerprint density at radius 3 is 2.52 bits per heavy atom. The Hall–Kier alpha value is -2.57. The lowest BCUT2D eigenvalue weighted by Crippen LogP contribution is -2.43. The van der Waals surface area contributed by atoms with Gasteiger partial charge in [-0.1, -0.05) is 24.3 Å². The Morgan fingerprint density at radius 1 is 1.00 bits per heavy atom. The number of aryl methyl sites for hydroxylation is 2. The highest BCUT2D eigenvalue weighted by atomic mass is 19.1. The molecule has 1 unspecified atom stereocenters. The molecule has 1 atom stereocenters. The average molecular weight is 425 g/mol. The quantitative estimate of drug-likeness (QED) is 0.660. The van der Waals surface area contributed by atoms with Crippen molar-refractivity contribution in [3.8, 4) is 0 Å². The predicted molar refractivity (Wildman–Crippen MR) is 117 cm³/mol. The van der Waals surface area contributed by atoms with Gasteiger partial charge in [-0.15, -0.1) is 0 Å². The number of amides is 1. The number of ketones is 1. The first-order chi connectivity index (χ1) is 15.1. The van der Waals surface area contributed by atoms with Gasteiger partial charge >= 0.3 is 0 Å². The molecule has 2 aromatic rings. The number of fused-ring (bicyclic) bond motifs is 1. The number of morpholine rings is 1. The van der Waals surface area contributed by atoms with Crippen molar-refractivity contribution in [1.29, 1.82) is 0 Å². The number of ether oxygens (including phenoxy) is 1. The molecule has 1 N–H and O–H groups in total. The fraction of sp³-hybridized carbons (Fsp3) is 0.440. The number of carbonyl (C=O) groups excluding carboxylic acids is 2. The maximum Gasteiger partial charge on any atom is 0.220 e. The van der Waals surface area contributed by atoms with Crippen LogP contribution in [0.5, 0.6) is 0 Å². The summed E-state index contributed by atoms with van der Waals surface area (Å²) in [6.45, 7) is 3.21. The molecule has 5 nitrogen and oxygen atoms in total. The first-order valence-corrected chi connectivity index (χ1v) is 11.1.